The van der Waals surface area contributed by atoms with E-state index < -0.39 is 5.41 Å². The first-order valence-corrected chi connectivity index (χ1v) is 5.71. The predicted octanol–water partition coefficient (Wildman–Crippen LogP) is 1.34. The Kier molecular flexibility index (Phi) is 6.26. The fraction of sp³-hybridized carbons (Fsp3) is 0.750. The van der Waals surface area contributed by atoms with Crippen LogP contribution in [0.5, 0.6) is 0 Å². The molecule has 0 bridgehead atoms. The summed E-state index contributed by atoms with van der Waals surface area (Å²) in [5.41, 5.74) is -0.967. The topological polar surface area (TPSA) is 70.4 Å². The number of hydrogen-bond acceptors (Lipinski definition) is 4. The second kappa shape index (κ2) is 6.89. The number of carbonyl (C=O) groups is 2. The van der Waals surface area contributed by atoms with Gasteiger partial charge in [0.05, 0.1) is 19.6 Å². The second-order valence-corrected chi connectivity index (χ2v) is 3.95. The minimum atomic E-state index is -0.967. The van der Waals surface area contributed by atoms with Crippen molar-refractivity contribution in [2.45, 2.75) is 33.1 Å². The summed E-state index contributed by atoms with van der Waals surface area (Å²) in [5, 5.41) is 9.13. The highest BCUT2D eigenvalue weighted by Crippen LogP contribution is 2.27. The third kappa shape index (κ3) is 3.74. The van der Waals surface area contributed by atoms with E-state index in [0.717, 1.165) is 0 Å². The average molecular weight is 240 g/mol. The Morgan fingerprint density at radius 1 is 1.35 bits per heavy atom. The number of nitrogens with zero attached hydrogens (tertiary/aromatic N) is 2. The summed E-state index contributed by atoms with van der Waals surface area (Å²) in [6.07, 6.45) is 1.09. The van der Waals surface area contributed by atoms with Gasteiger partial charge in [-0.05, 0) is 12.8 Å². The zero-order valence-corrected chi connectivity index (χ0v) is 10.9. The molecule has 0 aliphatic rings. The van der Waals surface area contributed by atoms with Crippen molar-refractivity contribution in [1.82, 2.24) is 4.90 Å². The van der Waals surface area contributed by atoms with Crippen LogP contribution in [0.25, 0.3) is 0 Å². The zero-order valence-electron chi connectivity index (χ0n) is 10.9. The number of nitriles is 1. The maximum atomic E-state index is 12.1. The van der Waals surface area contributed by atoms with Crippen LogP contribution in [0.15, 0.2) is 0 Å². The number of ether oxygens (including phenoxy) is 1. The van der Waals surface area contributed by atoms with E-state index in [4.69, 9.17) is 5.26 Å². The second-order valence-electron chi connectivity index (χ2n) is 3.95. The summed E-state index contributed by atoms with van der Waals surface area (Å²) >= 11 is 0. The average Bonchev–Trinajstić information content (AvgIpc) is 2.37. The molecule has 0 aliphatic carbocycles. The Hall–Kier alpha value is -1.57. The van der Waals surface area contributed by atoms with Crippen LogP contribution in [-0.4, -0.2) is 37.5 Å². The van der Waals surface area contributed by atoms with E-state index in [0.29, 0.717) is 12.8 Å². The Labute approximate surface area is 102 Å². The number of hydrogen-bond donors (Lipinski definition) is 0. The normalized spacial score (nSPS) is 10.5. The lowest BCUT2D eigenvalue weighted by Crippen LogP contribution is -2.41. The molecule has 1 amide bonds. The van der Waals surface area contributed by atoms with Gasteiger partial charge in [0, 0.05) is 13.6 Å². The highest BCUT2D eigenvalue weighted by atomic mass is 16.5. The Morgan fingerprint density at radius 2 is 1.88 bits per heavy atom. The fourth-order valence-electron chi connectivity index (χ4n) is 1.59. The standard InChI is InChI=1S/C12H20N2O3/c1-5-12(6-2,9-13)11(16)14(3)8-7-10(15)17-4/h5-8H2,1-4H3. The molecule has 0 spiro atoms. The van der Waals surface area contributed by atoms with Crippen LogP contribution in [0, 0.1) is 16.7 Å². The third-order valence-electron chi connectivity index (χ3n) is 3.06. The Bertz CT molecular complexity index is 316. The molecular weight excluding hydrogens is 220 g/mol. The smallest absolute Gasteiger partial charge is 0.307 e. The van der Waals surface area contributed by atoms with E-state index in [1.165, 1.54) is 12.0 Å². The van der Waals surface area contributed by atoms with Crippen molar-refractivity contribution < 1.29 is 14.3 Å². The van der Waals surface area contributed by atoms with Crippen LogP contribution in [-0.2, 0) is 14.3 Å². The fourth-order valence-corrected chi connectivity index (χ4v) is 1.59. The monoisotopic (exact) mass is 240 g/mol. The first kappa shape index (κ1) is 15.4. The highest BCUT2D eigenvalue weighted by molar-refractivity contribution is 5.85. The van der Waals surface area contributed by atoms with Crippen molar-refractivity contribution in [3.8, 4) is 6.07 Å². The van der Waals surface area contributed by atoms with Crippen molar-refractivity contribution in [1.29, 1.82) is 5.26 Å². The van der Waals surface area contributed by atoms with Gasteiger partial charge < -0.3 is 9.64 Å². The van der Waals surface area contributed by atoms with Crippen molar-refractivity contribution >= 4 is 11.9 Å². The molecule has 0 unspecified atom stereocenters. The van der Waals surface area contributed by atoms with Gasteiger partial charge in [-0.3, -0.25) is 9.59 Å². The molecule has 0 fully saturated rings. The molecule has 5 nitrogen and oxygen atoms in total. The number of amides is 1. The van der Waals surface area contributed by atoms with Crippen LogP contribution in [0.1, 0.15) is 33.1 Å². The maximum Gasteiger partial charge on any atom is 0.307 e. The molecule has 0 aromatic heterocycles. The summed E-state index contributed by atoms with van der Waals surface area (Å²) in [4.78, 5) is 24.5. The van der Waals surface area contributed by atoms with Gasteiger partial charge in [-0.1, -0.05) is 13.8 Å². The van der Waals surface area contributed by atoms with Crippen molar-refractivity contribution in [3.63, 3.8) is 0 Å². The molecule has 5 heteroatoms. The van der Waals surface area contributed by atoms with Gasteiger partial charge in [0.1, 0.15) is 5.41 Å². The van der Waals surface area contributed by atoms with Gasteiger partial charge >= 0.3 is 5.97 Å². The van der Waals surface area contributed by atoms with E-state index in [9.17, 15) is 9.59 Å². The van der Waals surface area contributed by atoms with Gasteiger partial charge in [0.25, 0.3) is 0 Å². The quantitative estimate of drug-likeness (QED) is 0.657. The molecule has 0 N–H and O–H groups in total. The molecular formula is C12H20N2O3. The van der Waals surface area contributed by atoms with Gasteiger partial charge in [-0.25, -0.2) is 0 Å². The first-order valence-electron chi connectivity index (χ1n) is 5.71. The van der Waals surface area contributed by atoms with Gasteiger partial charge in [0.2, 0.25) is 5.91 Å². The molecule has 0 aromatic carbocycles. The summed E-state index contributed by atoms with van der Waals surface area (Å²) in [6, 6.07) is 2.09. The Morgan fingerprint density at radius 3 is 2.24 bits per heavy atom. The third-order valence-corrected chi connectivity index (χ3v) is 3.06. The summed E-state index contributed by atoms with van der Waals surface area (Å²) in [6.45, 7) is 3.91. The molecule has 96 valence electrons. The van der Waals surface area contributed by atoms with Crippen LogP contribution in [0.3, 0.4) is 0 Å². The van der Waals surface area contributed by atoms with Crippen LogP contribution < -0.4 is 0 Å². The van der Waals surface area contributed by atoms with E-state index in [2.05, 4.69) is 10.8 Å². The molecule has 0 heterocycles. The minimum absolute atomic E-state index is 0.147. The minimum Gasteiger partial charge on any atom is -0.469 e. The lowest BCUT2D eigenvalue weighted by Gasteiger charge is -2.28. The van der Waals surface area contributed by atoms with Crippen LogP contribution >= 0.6 is 0 Å². The molecule has 0 aromatic rings. The number of esters is 1. The Balaban J connectivity index is 4.58. The SMILES string of the molecule is CCC(C#N)(CC)C(=O)N(C)CCC(=O)OC. The van der Waals surface area contributed by atoms with E-state index in [1.54, 1.807) is 7.05 Å². The van der Waals surface area contributed by atoms with Crippen LogP contribution in [0.2, 0.25) is 0 Å². The molecule has 0 rings (SSSR count). The molecule has 17 heavy (non-hydrogen) atoms. The summed E-state index contributed by atoms with van der Waals surface area (Å²) in [7, 11) is 2.91. The summed E-state index contributed by atoms with van der Waals surface area (Å²) in [5.74, 6) is -0.589. The lowest BCUT2D eigenvalue weighted by molar-refractivity contribution is -0.143. The molecule has 0 saturated carbocycles. The molecule has 0 saturated heterocycles. The van der Waals surface area contributed by atoms with E-state index in [-0.39, 0.29) is 24.8 Å². The van der Waals surface area contributed by atoms with Gasteiger partial charge in [0.15, 0.2) is 0 Å². The van der Waals surface area contributed by atoms with E-state index in [1.807, 2.05) is 13.8 Å². The van der Waals surface area contributed by atoms with Crippen molar-refractivity contribution in [2.24, 2.45) is 5.41 Å². The highest BCUT2D eigenvalue weighted by Gasteiger charge is 2.37. The largest absolute Gasteiger partial charge is 0.469 e. The van der Waals surface area contributed by atoms with Crippen LogP contribution in [0.4, 0.5) is 0 Å². The van der Waals surface area contributed by atoms with Crippen molar-refractivity contribution in [3.05, 3.63) is 0 Å². The van der Waals surface area contributed by atoms with Gasteiger partial charge in [-0.15, -0.1) is 0 Å². The zero-order chi connectivity index (χ0) is 13.5. The molecule has 0 radical (unpaired) electrons. The van der Waals surface area contributed by atoms with Gasteiger partial charge in [-0.2, -0.15) is 5.26 Å². The summed E-state index contributed by atoms with van der Waals surface area (Å²) < 4.78 is 4.50. The number of methoxy groups -OCH3 is 1. The van der Waals surface area contributed by atoms with E-state index >= 15 is 0 Å². The van der Waals surface area contributed by atoms with Crippen molar-refractivity contribution in [2.75, 3.05) is 20.7 Å². The molecule has 0 aliphatic heterocycles. The predicted molar refractivity (Wildman–Crippen MR) is 62.9 cm³/mol. The first-order chi connectivity index (χ1) is 7.97. The number of carbonyl (C=O) groups excluding carboxylic acids is 2. The lowest BCUT2D eigenvalue weighted by atomic mass is 9.82. The molecule has 0 atom stereocenters. The number of rotatable bonds is 6. The maximum absolute atomic E-state index is 12.1.